The van der Waals surface area contributed by atoms with Gasteiger partial charge in [0.05, 0.1) is 6.20 Å². The number of aromatic nitrogens is 2. The molecule has 3 rings (SSSR count). The molecule has 1 N–H and O–H groups in total. The average molecular weight is 373 g/mol. The number of likely N-dealkylation sites (tertiary alicyclic amines) is 2. The zero-order chi connectivity index (χ0) is 18.7. The highest BCUT2D eigenvalue weighted by atomic mass is 19.4. The second-order valence-electron chi connectivity index (χ2n) is 7.19. The van der Waals surface area contributed by atoms with Gasteiger partial charge in [0.1, 0.15) is 0 Å². The molecule has 1 atom stereocenters. The summed E-state index contributed by atoms with van der Waals surface area (Å²) in [5.74, 6) is 0. The smallest absolute Gasteiger partial charge is 0.325 e. The van der Waals surface area contributed by atoms with Crippen molar-refractivity contribution in [3.63, 3.8) is 0 Å². The van der Waals surface area contributed by atoms with Crippen molar-refractivity contribution in [3.8, 4) is 0 Å². The van der Waals surface area contributed by atoms with Crippen molar-refractivity contribution in [1.29, 1.82) is 0 Å². The summed E-state index contributed by atoms with van der Waals surface area (Å²) in [6.07, 6.45) is 3.17. The standard InChI is InChI=1S/C17H26F3N5O/c1-23-12-13(11-21-23)15(17(18,19)20)22-16(26)25-9-5-14(6-10-25)24-7-3-2-4-8-24/h11-12,14-15H,2-10H2,1H3,(H,22,26). The number of rotatable bonds is 3. The van der Waals surface area contributed by atoms with E-state index in [2.05, 4.69) is 15.3 Å². The lowest BCUT2D eigenvalue weighted by Crippen LogP contribution is -2.52. The molecule has 2 aliphatic rings. The Hall–Kier alpha value is -1.77. The van der Waals surface area contributed by atoms with Crippen molar-refractivity contribution in [2.75, 3.05) is 26.2 Å². The number of piperidine rings is 2. The van der Waals surface area contributed by atoms with Crippen LogP contribution in [0, 0.1) is 0 Å². The maximum Gasteiger partial charge on any atom is 0.413 e. The molecule has 0 bridgehead atoms. The third-order valence-electron chi connectivity index (χ3n) is 5.31. The maximum absolute atomic E-state index is 13.4. The molecule has 26 heavy (non-hydrogen) atoms. The van der Waals surface area contributed by atoms with Gasteiger partial charge in [-0.2, -0.15) is 18.3 Å². The maximum atomic E-state index is 13.4. The molecule has 3 heterocycles. The fourth-order valence-corrected chi connectivity index (χ4v) is 3.88. The number of carbonyl (C=O) groups excluding carboxylic acids is 1. The van der Waals surface area contributed by atoms with Crippen LogP contribution in [-0.2, 0) is 7.05 Å². The number of hydrogen-bond acceptors (Lipinski definition) is 3. The van der Waals surface area contributed by atoms with Gasteiger partial charge in [-0.15, -0.1) is 0 Å². The Morgan fingerprint density at radius 1 is 1.19 bits per heavy atom. The molecular weight excluding hydrogens is 347 g/mol. The molecule has 2 fully saturated rings. The van der Waals surface area contributed by atoms with Crippen molar-refractivity contribution in [2.45, 2.75) is 50.4 Å². The van der Waals surface area contributed by atoms with E-state index in [1.54, 1.807) is 7.05 Å². The molecule has 146 valence electrons. The van der Waals surface area contributed by atoms with Gasteiger partial charge in [-0.25, -0.2) is 4.79 Å². The quantitative estimate of drug-likeness (QED) is 0.886. The van der Waals surface area contributed by atoms with Crippen LogP contribution in [-0.4, -0.2) is 64.0 Å². The van der Waals surface area contributed by atoms with Gasteiger partial charge in [-0.3, -0.25) is 4.68 Å². The molecule has 0 aliphatic carbocycles. The second-order valence-corrected chi connectivity index (χ2v) is 7.19. The van der Waals surface area contributed by atoms with Gasteiger partial charge in [0.2, 0.25) is 0 Å². The van der Waals surface area contributed by atoms with E-state index in [9.17, 15) is 18.0 Å². The highest BCUT2D eigenvalue weighted by molar-refractivity contribution is 5.75. The minimum atomic E-state index is -4.56. The topological polar surface area (TPSA) is 53.4 Å². The van der Waals surface area contributed by atoms with Crippen LogP contribution in [0.3, 0.4) is 0 Å². The molecule has 2 amide bonds. The summed E-state index contributed by atoms with van der Waals surface area (Å²) in [4.78, 5) is 16.4. The molecule has 2 aliphatic heterocycles. The van der Waals surface area contributed by atoms with Gasteiger partial charge in [0.15, 0.2) is 6.04 Å². The number of nitrogens with zero attached hydrogens (tertiary/aromatic N) is 4. The molecule has 0 saturated carbocycles. The number of alkyl halides is 3. The van der Waals surface area contributed by atoms with E-state index in [1.807, 2.05) is 0 Å². The van der Waals surface area contributed by atoms with E-state index in [0.717, 1.165) is 32.1 Å². The highest BCUT2D eigenvalue weighted by Crippen LogP contribution is 2.32. The molecule has 0 spiro atoms. The van der Waals surface area contributed by atoms with E-state index in [0.29, 0.717) is 19.1 Å². The highest BCUT2D eigenvalue weighted by Gasteiger charge is 2.43. The summed E-state index contributed by atoms with van der Waals surface area (Å²) < 4.78 is 41.4. The van der Waals surface area contributed by atoms with E-state index < -0.39 is 18.2 Å². The van der Waals surface area contributed by atoms with Crippen LogP contribution in [0.5, 0.6) is 0 Å². The van der Waals surface area contributed by atoms with Crippen molar-refractivity contribution >= 4 is 6.03 Å². The summed E-state index contributed by atoms with van der Waals surface area (Å²) >= 11 is 0. The number of aryl methyl sites for hydroxylation is 1. The third-order valence-corrected chi connectivity index (χ3v) is 5.31. The molecule has 9 heteroatoms. The molecule has 1 unspecified atom stereocenters. The molecule has 0 aromatic carbocycles. The number of amides is 2. The molecule has 0 radical (unpaired) electrons. The first-order valence-electron chi connectivity index (χ1n) is 9.19. The Balaban J connectivity index is 1.57. The van der Waals surface area contributed by atoms with Crippen molar-refractivity contribution in [2.24, 2.45) is 7.05 Å². The number of carbonyl (C=O) groups is 1. The summed E-state index contributed by atoms with van der Waals surface area (Å²) in [7, 11) is 1.55. The Morgan fingerprint density at radius 3 is 2.38 bits per heavy atom. The van der Waals surface area contributed by atoms with Crippen LogP contribution >= 0.6 is 0 Å². The van der Waals surface area contributed by atoms with Crippen molar-refractivity contribution < 1.29 is 18.0 Å². The normalized spacial score (nSPS) is 21.6. The van der Waals surface area contributed by atoms with Crippen LogP contribution in [0.1, 0.15) is 43.7 Å². The summed E-state index contributed by atoms with van der Waals surface area (Å²) in [6, 6.07) is -2.26. The number of urea groups is 1. The van der Waals surface area contributed by atoms with Gasteiger partial charge < -0.3 is 15.1 Å². The molecule has 1 aromatic rings. The Labute approximate surface area is 151 Å². The van der Waals surface area contributed by atoms with Crippen LogP contribution in [0.25, 0.3) is 0 Å². The van der Waals surface area contributed by atoms with Gasteiger partial charge in [0.25, 0.3) is 0 Å². The predicted octanol–water partition coefficient (Wildman–Crippen LogP) is 2.68. The fraction of sp³-hybridized carbons (Fsp3) is 0.765. The Morgan fingerprint density at radius 2 is 1.85 bits per heavy atom. The SMILES string of the molecule is Cn1cc(C(NC(=O)N2CCC(N3CCCCC3)CC2)C(F)(F)F)cn1. The lowest BCUT2D eigenvalue weighted by molar-refractivity contribution is -0.155. The van der Waals surface area contributed by atoms with E-state index in [4.69, 9.17) is 0 Å². The molecule has 1 aromatic heterocycles. The van der Waals surface area contributed by atoms with Crippen LogP contribution in [0.4, 0.5) is 18.0 Å². The van der Waals surface area contributed by atoms with Gasteiger partial charge in [0, 0.05) is 37.9 Å². The minimum Gasteiger partial charge on any atom is -0.325 e. The zero-order valence-electron chi connectivity index (χ0n) is 15.0. The van der Waals surface area contributed by atoms with Gasteiger partial charge in [-0.05, 0) is 38.8 Å². The summed E-state index contributed by atoms with van der Waals surface area (Å²) in [6.45, 7) is 3.16. The largest absolute Gasteiger partial charge is 0.413 e. The average Bonchev–Trinajstić information content (AvgIpc) is 3.05. The van der Waals surface area contributed by atoms with Crippen molar-refractivity contribution in [3.05, 3.63) is 18.0 Å². The molecule has 2 saturated heterocycles. The lowest BCUT2D eigenvalue weighted by atomic mass is 10.00. The Kier molecular flexibility index (Phi) is 5.74. The summed E-state index contributed by atoms with van der Waals surface area (Å²) in [5.41, 5.74) is -0.0587. The number of halogens is 3. The zero-order valence-corrected chi connectivity index (χ0v) is 15.0. The van der Waals surface area contributed by atoms with Gasteiger partial charge >= 0.3 is 12.2 Å². The monoisotopic (exact) mass is 373 g/mol. The lowest BCUT2D eigenvalue weighted by Gasteiger charge is -2.40. The van der Waals surface area contributed by atoms with Crippen molar-refractivity contribution in [1.82, 2.24) is 24.9 Å². The second kappa shape index (κ2) is 7.85. The number of nitrogens with one attached hydrogen (secondary N) is 1. The van der Waals surface area contributed by atoms with Crippen LogP contribution in [0.15, 0.2) is 12.4 Å². The first-order chi connectivity index (χ1) is 12.3. The van der Waals surface area contributed by atoms with Crippen LogP contribution in [0.2, 0.25) is 0 Å². The first-order valence-corrected chi connectivity index (χ1v) is 9.19. The summed E-state index contributed by atoms with van der Waals surface area (Å²) in [5, 5.41) is 5.92. The van der Waals surface area contributed by atoms with Crippen LogP contribution < -0.4 is 5.32 Å². The van der Waals surface area contributed by atoms with E-state index >= 15 is 0 Å². The van der Waals surface area contributed by atoms with Gasteiger partial charge in [-0.1, -0.05) is 6.42 Å². The van der Waals surface area contributed by atoms with E-state index in [-0.39, 0.29) is 5.56 Å². The fourth-order valence-electron chi connectivity index (χ4n) is 3.88. The third kappa shape index (κ3) is 4.49. The number of hydrogen-bond donors (Lipinski definition) is 1. The first kappa shape index (κ1) is 19.0. The molecule has 6 nitrogen and oxygen atoms in total. The predicted molar refractivity (Wildman–Crippen MR) is 90.6 cm³/mol. The minimum absolute atomic E-state index is 0.0587. The van der Waals surface area contributed by atoms with E-state index in [1.165, 1.54) is 35.0 Å². The Bertz CT molecular complexity index is 604. The molecular formula is C17H26F3N5O.